The van der Waals surface area contributed by atoms with Crippen LogP contribution in [0.25, 0.3) is 0 Å². The zero-order valence-electron chi connectivity index (χ0n) is 5.84. The molecule has 0 heterocycles. The van der Waals surface area contributed by atoms with Crippen LogP contribution in [0.1, 0.15) is 6.42 Å². The van der Waals surface area contributed by atoms with Gasteiger partial charge < -0.3 is 0 Å². The second-order valence-corrected chi connectivity index (χ2v) is 4.63. The van der Waals surface area contributed by atoms with E-state index in [2.05, 4.69) is 31.9 Å². The van der Waals surface area contributed by atoms with Gasteiger partial charge in [-0.1, -0.05) is 31.9 Å². The fraction of sp³-hybridized carbons (Fsp3) is 1.00. The van der Waals surface area contributed by atoms with E-state index >= 15 is 0 Å². The fourth-order valence-corrected chi connectivity index (χ4v) is 2.11. The average molecular weight is 314 g/mol. The lowest BCUT2D eigenvalue weighted by Gasteiger charge is -2.45. The molecule has 72 valence electrons. The van der Waals surface area contributed by atoms with Gasteiger partial charge in [0.2, 0.25) is 0 Å². The summed E-state index contributed by atoms with van der Waals surface area (Å²) in [4.78, 5) is -0.591. The summed E-state index contributed by atoms with van der Waals surface area (Å²) >= 11 is 5.87. The van der Waals surface area contributed by atoms with Crippen molar-refractivity contribution in [2.75, 3.05) is 5.33 Å². The lowest BCUT2D eigenvalue weighted by atomic mass is 9.75. The molecule has 2 atom stereocenters. The number of hydrogen-bond acceptors (Lipinski definition) is 0. The second-order valence-electron chi connectivity index (χ2n) is 2.81. The lowest BCUT2D eigenvalue weighted by Crippen LogP contribution is -2.61. The summed E-state index contributed by atoms with van der Waals surface area (Å²) in [6, 6.07) is 0. The molecule has 2 unspecified atom stereocenters. The number of alkyl halides is 6. The van der Waals surface area contributed by atoms with Gasteiger partial charge >= 0.3 is 11.8 Å². The molecule has 6 heteroatoms. The molecule has 0 N–H and O–H groups in total. The molecule has 0 radical (unpaired) electrons. The summed E-state index contributed by atoms with van der Waals surface area (Å²) in [5.41, 5.74) is 0. The molecule has 0 aliphatic heterocycles. The minimum absolute atomic E-state index is 0.253. The SMILES string of the molecule is FC1(F)CC(C(Br)CBr)C1(F)F. The van der Waals surface area contributed by atoms with Crippen molar-refractivity contribution >= 4 is 31.9 Å². The van der Waals surface area contributed by atoms with Gasteiger partial charge in [0.1, 0.15) is 0 Å². The fourth-order valence-electron chi connectivity index (χ4n) is 1.14. The smallest absolute Gasteiger partial charge is 0.200 e. The minimum Gasteiger partial charge on any atom is -0.200 e. The van der Waals surface area contributed by atoms with E-state index in [4.69, 9.17) is 0 Å². The molecule has 1 aliphatic carbocycles. The van der Waals surface area contributed by atoms with Gasteiger partial charge in [-0.15, -0.1) is 0 Å². The molecule has 0 aromatic carbocycles. The molecule has 0 saturated heterocycles. The molecule has 0 spiro atoms. The Bertz CT molecular complexity index is 182. The molecule has 1 rings (SSSR count). The van der Waals surface area contributed by atoms with Crippen molar-refractivity contribution in [1.29, 1.82) is 0 Å². The maximum absolute atomic E-state index is 12.6. The number of halogens is 6. The summed E-state index contributed by atoms with van der Waals surface area (Å²) in [5, 5.41) is 0.253. The third-order valence-electron chi connectivity index (χ3n) is 2.01. The van der Waals surface area contributed by atoms with Crippen molar-refractivity contribution in [2.24, 2.45) is 5.92 Å². The van der Waals surface area contributed by atoms with Gasteiger partial charge in [-0.05, 0) is 0 Å². The van der Waals surface area contributed by atoms with Crippen LogP contribution < -0.4 is 0 Å². The van der Waals surface area contributed by atoms with Gasteiger partial charge in [-0.2, -0.15) is 17.6 Å². The first-order valence-corrected chi connectivity index (χ1v) is 5.32. The van der Waals surface area contributed by atoms with E-state index in [1.165, 1.54) is 0 Å². The molecular weight excluding hydrogens is 308 g/mol. The first-order chi connectivity index (χ1) is 5.33. The number of rotatable bonds is 2. The Morgan fingerprint density at radius 3 is 2.08 bits per heavy atom. The van der Waals surface area contributed by atoms with Crippen LogP contribution in [0, 0.1) is 5.92 Å². The highest BCUT2D eigenvalue weighted by Crippen LogP contribution is 2.57. The van der Waals surface area contributed by atoms with Crippen LogP contribution in [0.3, 0.4) is 0 Å². The van der Waals surface area contributed by atoms with E-state index in [1.807, 2.05) is 0 Å². The highest BCUT2D eigenvalue weighted by molar-refractivity contribution is 9.12. The van der Waals surface area contributed by atoms with E-state index in [-0.39, 0.29) is 5.33 Å². The van der Waals surface area contributed by atoms with E-state index in [0.717, 1.165) is 0 Å². The highest BCUT2D eigenvalue weighted by atomic mass is 79.9. The molecule has 1 fully saturated rings. The van der Waals surface area contributed by atoms with Crippen LogP contribution in [0.5, 0.6) is 0 Å². The Hall–Kier alpha value is 0.680. The van der Waals surface area contributed by atoms with Crippen molar-refractivity contribution in [2.45, 2.75) is 23.1 Å². The zero-order valence-corrected chi connectivity index (χ0v) is 9.01. The quantitative estimate of drug-likeness (QED) is 0.541. The van der Waals surface area contributed by atoms with Crippen LogP contribution in [-0.2, 0) is 0 Å². The van der Waals surface area contributed by atoms with Crippen molar-refractivity contribution in [1.82, 2.24) is 0 Å². The van der Waals surface area contributed by atoms with Gasteiger partial charge in [0.05, 0.1) is 0 Å². The van der Waals surface area contributed by atoms with Crippen molar-refractivity contribution in [3.05, 3.63) is 0 Å². The monoisotopic (exact) mass is 312 g/mol. The largest absolute Gasteiger partial charge is 0.314 e. The average Bonchev–Trinajstić information content (AvgIpc) is 1.99. The van der Waals surface area contributed by atoms with Gasteiger partial charge in [-0.3, -0.25) is 0 Å². The van der Waals surface area contributed by atoms with Crippen molar-refractivity contribution in [3.8, 4) is 0 Å². The van der Waals surface area contributed by atoms with Gasteiger partial charge in [0.15, 0.2) is 0 Å². The number of hydrogen-bond donors (Lipinski definition) is 0. The lowest BCUT2D eigenvalue weighted by molar-refractivity contribution is -0.311. The van der Waals surface area contributed by atoms with Gasteiger partial charge in [0.25, 0.3) is 0 Å². The van der Waals surface area contributed by atoms with Gasteiger partial charge in [-0.25, -0.2) is 0 Å². The van der Waals surface area contributed by atoms with Crippen LogP contribution in [0.4, 0.5) is 17.6 Å². The van der Waals surface area contributed by atoms with Crippen LogP contribution in [-0.4, -0.2) is 22.0 Å². The van der Waals surface area contributed by atoms with Crippen LogP contribution in [0.15, 0.2) is 0 Å². The topological polar surface area (TPSA) is 0 Å². The van der Waals surface area contributed by atoms with E-state index < -0.39 is 29.0 Å². The normalized spacial score (nSPS) is 34.0. The molecule has 0 nitrogen and oxygen atoms in total. The van der Waals surface area contributed by atoms with Crippen molar-refractivity contribution < 1.29 is 17.6 Å². The second kappa shape index (κ2) is 3.12. The Morgan fingerprint density at radius 2 is 1.83 bits per heavy atom. The van der Waals surface area contributed by atoms with Crippen LogP contribution >= 0.6 is 31.9 Å². The standard InChI is InChI=1S/C6H6Br2F4/c7-2-4(8)3-1-5(9,10)6(3,11)12/h3-4H,1-2H2. The zero-order chi connectivity index (χ0) is 9.57. The first-order valence-electron chi connectivity index (χ1n) is 3.28. The predicted octanol–water partition coefficient (Wildman–Crippen LogP) is 3.44. The Balaban J connectivity index is 2.65. The van der Waals surface area contributed by atoms with E-state index in [9.17, 15) is 17.6 Å². The predicted molar refractivity (Wildman–Crippen MR) is 44.5 cm³/mol. The maximum atomic E-state index is 12.6. The van der Waals surface area contributed by atoms with Crippen LogP contribution in [0.2, 0.25) is 0 Å². The first kappa shape index (κ1) is 10.8. The van der Waals surface area contributed by atoms with E-state index in [0.29, 0.717) is 0 Å². The van der Waals surface area contributed by atoms with E-state index in [1.54, 1.807) is 0 Å². The summed E-state index contributed by atoms with van der Waals surface area (Å²) in [7, 11) is 0. The summed E-state index contributed by atoms with van der Waals surface area (Å²) in [6.07, 6.45) is -0.735. The molecule has 0 aromatic heterocycles. The third-order valence-corrected chi connectivity index (χ3v) is 4.54. The maximum Gasteiger partial charge on any atom is 0.314 e. The molecule has 0 amide bonds. The molecule has 12 heavy (non-hydrogen) atoms. The molecular formula is C6H6Br2F4. The molecule has 1 aliphatic rings. The Morgan fingerprint density at radius 1 is 1.33 bits per heavy atom. The third kappa shape index (κ3) is 1.41. The van der Waals surface area contributed by atoms with Crippen molar-refractivity contribution in [3.63, 3.8) is 0 Å². The Kier molecular flexibility index (Phi) is 2.79. The molecule has 1 saturated carbocycles. The highest BCUT2D eigenvalue weighted by Gasteiger charge is 2.72. The summed E-state index contributed by atoms with van der Waals surface area (Å²) < 4.78 is 49.8. The minimum atomic E-state index is -3.85. The molecule has 0 aromatic rings. The van der Waals surface area contributed by atoms with Gasteiger partial charge in [0, 0.05) is 22.5 Å². The summed E-state index contributed by atoms with van der Waals surface area (Å²) in [5.74, 6) is -8.92. The molecule has 0 bridgehead atoms. The summed E-state index contributed by atoms with van der Waals surface area (Å²) in [6.45, 7) is 0. The Labute approximate surface area is 84.0 Å².